The third-order valence-corrected chi connectivity index (χ3v) is 2.86. The minimum Gasteiger partial charge on any atom is -0.313 e. The average molecular weight is 262 g/mol. The first-order chi connectivity index (χ1) is 7.74. The van der Waals surface area contributed by atoms with Crippen molar-refractivity contribution in [1.29, 1.82) is 0 Å². The van der Waals surface area contributed by atoms with E-state index in [4.69, 9.17) is 11.6 Å². The molecule has 0 saturated heterocycles. The van der Waals surface area contributed by atoms with Crippen LogP contribution in [0.1, 0.15) is 13.8 Å². The Kier molecular flexibility index (Phi) is 6.44. The Morgan fingerprint density at radius 3 is 3.06 bits per heavy atom. The van der Waals surface area contributed by atoms with Crippen molar-refractivity contribution in [3.05, 3.63) is 11.6 Å². The van der Waals surface area contributed by atoms with Gasteiger partial charge in [-0.15, -0.1) is 5.10 Å². The van der Waals surface area contributed by atoms with Crippen LogP contribution in [0.5, 0.6) is 0 Å². The molecule has 0 bridgehead atoms. The molecule has 0 aliphatic carbocycles. The van der Waals surface area contributed by atoms with Crippen molar-refractivity contribution in [3.63, 3.8) is 0 Å². The number of hydrogen-bond acceptors (Lipinski definition) is 5. The number of rotatable bonds is 7. The highest BCUT2D eigenvalue weighted by Gasteiger charge is 2.05. The Morgan fingerprint density at radius 2 is 2.38 bits per heavy atom. The molecule has 0 aliphatic rings. The Labute approximate surface area is 105 Å². The summed E-state index contributed by atoms with van der Waals surface area (Å²) >= 11 is 7.00. The van der Waals surface area contributed by atoms with Crippen molar-refractivity contribution in [3.8, 4) is 0 Å². The molecule has 0 saturated carbocycles. The Hall–Kier alpha value is -0.590. The van der Waals surface area contributed by atoms with Crippen LogP contribution in [0.25, 0.3) is 0 Å². The van der Waals surface area contributed by atoms with Crippen LogP contribution in [0.2, 0.25) is 0 Å². The van der Waals surface area contributed by atoms with Gasteiger partial charge < -0.3 is 5.32 Å². The van der Waals surface area contributed by atoms with Crippen LogP contribution in [0, 0.1) is 0 Å². The zero-order valence-electron chi connectivity index (χ0n) is 9.43. The Bertz CT molecular complexity index is 325. The summed E-state index contributed by atoms with van der Waals surface area (Å²) in [5.74, 6) is 0.779. The minimum absolute atomic E-state index is 0.478. The van der Waals surface area contributed by atoms with Crippen molar-refractivity contribution in [2.45, 2.75) is 31.6 Å². The first kappa shape index (κ1) is 13.5. The SMILES string of the molecule is CC(C)NCCn1nnnc1SCC=CCl. The molecule has 0 unspecified atom stereocenters. The van der Waals surface area contributed by atoms with E-state index in [9.17, 15) is 0 Å². The first-order valence-electron chi connectivity index (χ1n) is 5.11. The number of thioether (sulfide) groups is 1. The predicted molar refractivity (Wildman–Crippen MR) is 66.7 cm³/mol. The van der Waals surface area contributed by atoms with Crippen molar-refractivity contribution in [2.75, 3.05) is 12.3 Å². The fourth-order valence-corrected chi connectivity index (χ4v) is 1.97. The second kappa shape index (κ2) is 7.65. The molecule has 0 radical (unpaired) electrons. The highest BCUT2D eigenvalue weighted by Crippen LogP contribution is 2.13. The third-order valence-electron chi connectivity index (χ3n) is 1.77. The van der Waals surface area contributed by atoms with Crippen molar-refractivity contribution in [2.24, 2.45) is 0 Å². The van der Waals surface area contributed by atoms with Gasteiger partial charge in [0.05, 0.1) is 6.54 Å². The zero-order chi connectivity index (χ0) is 11.8. The highest BCUT2D eigenvalue weighted by molar-refractivity contribution is 7.99. The van der Waals surface area contributed by atoms with Gasteiger partial charge in [-0.2, -0.15) is 0 Å². The van der Waals surface area contributed by atoms with Crippen LogP contribution < -0.4 is 5.32 Å². The van der Waals surface area contributed by atoms with Crippen LogP contribution in [0.15, 0.2) is 16.8 Å². The standard InChI is InChI=1S/C9H16ClN5S/c1-8(2)11-5-6-15-9(12-13-14-15)16-7-3-4-10/h3-4,8,11H,5-7H2,1-2H3. The van der Waals surface area contributed by atoms with Gasteiger partial charge in [-0.1, -0.05) is 43.3 Å². The molecule has 0 spiro atoms. The normalized spacial score (nSPS) is 11.8. The summed E-state index contributed by atoms with van der Waals surface area (Å²) in [6.07, 6.45) is 1.86. The monoisotopic (exact) mass is 261 g/mol. The third kappa shape index (κ3) is 4.96. The molecule has 0 aromatic carbocycles. The van der Waals surface area contributed by atoms with E-state index in [0.29, 0.717) is 6.04 Å². The molecule has 0 aliphatic heterocycles. The van der Waals surface area contributed by atoms with Gasteiger partial charge in [-0.3, -0.25) is 0 Å². The summed E-state index contributed by atoms with van der Waals surface area (Å²) in [6.45, 7) is 5.86. The summed E-state index contributed by atoms with van der Waals surface area (Å²) in [6, 6.07) is 0.478. The fraction of sp³-hybridized carbons (Fsp3) is 0.667. The largest absolute Gasteiger partial charge is 0.313 e. The number of halogens is 1. The minimum atomic E-state index is 0.478. The van der Waals surface area contributed by atoms with Crippen LogP contribution >= 0.6 is 23.4 Å². The summed E-state index contributed by atoms with van der Waals surface area (Å²) in [5.41, 5.74) is 1.50. The van der Waals surface area contributed by atoms with Gasteiger partial charge in [0, 0.05) is 23.9 Å². The van der Waals surface area contributed by atoms with E-state index >= 15 is 0 Å². The first-order valence-corrected chi connectivity index (χ1v) is 6.54. The highest BCUT2D eigenvalue weighted by atomic mass is 35.5. The maximum atomic E-state index is 5.44. The van der Waals surface area contributed by atoms with E-state index in [1.165, 1.54) is 5.54 Å². The van der Waals surface area contributed by atoms with Crippen LogP contribution in [-0.4, -0.2) is 38.5 Å². The lowest BCUT2D eigenvalue weighted by molar-refractivity contribution is 0.485. The lowest BCUT2D eigenvalue weighted by Gasteiger charge is -2.08. The van der Waals surface area contributed by atoms with E-state index < -0.39 is 0 Å². The molecule has 16 heavy (non-hydrogen) atoms. The topological polar surface area (TPSA) is 55.6 Å². The zero-order valence-corrected chi connectivity index (χ0v) is 11.0. The molecule has 0 fully saturated rings. The second-order valence-electron chi connectivity index (χ2n) is 3.47. The maximum absolute atomic E-state index is 5.44. The number of aromatic nitrogens is 4. The molecule has 1 aromatic heterocycles. The van der Waals surface area contributed by atoms with E-state index in [1.807, 2.05) is 6.08 Å². The molecule has 7 heteroatoms. The number of tetrazole rings is 1. The molecule has 0 atom stereocenters. The van der Waals surface area contributed by atoms with Crippen molar-refractivity contribution >= 4 is 23.4 Å². The molecule has 90 valence electrons. The van der Waals surface area contributed by atoms with Crippen LogP contribution in [-0.2, 0) is 6.54 Å². The summed E-state index contributed by atoms with van der Waals surface area (Å²) in [7, 11) is 0. The number of nitrogens with one attached hydrogen (secondary N) is 1. The van der Waals surface area contributed by atoms with Gasteiger partial charge in [0.25, 0.3) is 0 Å². The van der Waals surface area contributed by atoms with E-state index in [-0.39, 0.29) is 0 Å². The molecule has 1 heterocycles. The smallest absolute Gasteiger partial charge is 0.209 e. The van der Waals surface area contributed by atoms with Gasteiger partial charge in [0.2, 0.25) is 5.16 Å². The maximum Gasteiger partial charge on any atom is 0.209 e. The van der Waals surface area contributed by atoms with Crippen LogP contribution in [0.4, 0.5) is 0 Å². The molecule has 5 nitrogen and oxygen atoms in total. The second-order valence-corrected chi connectivity index (χ2v) is 4.71. The average Bonchev–Trinajstić information content (AvgIpc) is 2.66. The van der Waals surface area contributed by atoms with Gasteiger partial charge in [-0.25, -0.2) is 4.68 Å². The fourth-order valence-electron chi connectivity index (χ4n) is 1.06. The molecule has 1 aromatic rings. The van der Waals surface area contributed by atoms with E-state index in [2.05, 4.69) is 34.7 Å². The van der Waals surface area contributed by atoms with Gasteiger partial charge >= 0.3 is 0 Å². The molecule has 1 N–H and O–H groups in total. The summed E-state index contributed by atoms with van der Waals surface area (Å²) in [4.78, 5) is 0. The number of nitrogens with zero attached hydrogens (tertiary/aromatic N) is 4. The van der Waals surface area contributed by atoms with Gasteiger partial charge in [-0.05, 0) is 10.4 Å². The van der Waals surface area contributed by atoms with Gasteiger partial charge in [0.1, 0.15) is 0 Å². The Balaban J connectivity index is 2.37. The number of hydrogen-bond donors (Lipinski definition) is 1. The van der Waals surface area contributed by atoms with Crippen molar-refractivity contribution in [1.82, 2.24) is 25.5 Å². The molecular weight excluding hydrogens is 246 g/mol. The van der Waals surface area contributed by atoms with Crippen molar-refractivity contribution < 1.29 is 0 Å². The Morgan fingerprint density at radius 1 is 1.56 bits per heavy atom. The van der Waals surface area contributed by atoms with E-state index in [0.717, 1.165) is 24.0 Å². The molecule has 1 rings (SSSR count). The molecular formula is C9H16ClN5S. The summed E-state index contributed by atoms with van der Waals surface area (Å²) in [5, 5.41) is 15.7. The quantitative estimate of drug-likeness (QED) is 0.754. The van der Waals surface area contributed by atoms with Crippen LogP contribution in [0.3, 0.4) is 0 Å². The van der Waals surface area contributed by atoms with Gasteiger partial charge in [0.15, 0.2) is 0 Å². The lowest BCUT2D eigenvalue weighted by atomic mass is 10.4. The lowest BCUT2D eigenvalue weighted by Crippen LogP contribution is -2.27. The van der Waals surface area contributed by atoms with E-state index in [1.54, 1.807) is 16.4 Å². The summed E-state index contributed by atoms with van der Waals surface area (Å²) < 4.78 is 1.79. The molecule has 0 amide bonds. The predicted octanol–water partition coefficient (Wildman–Crippen LogP) is 1.52.